The number of ether oxygens (including phenoxy) is 1. The number of hydrogen-bond donors (Lipinski definition) is 0. The molecule has 0 amide bonds. The van der Waals surface area contributed by atoms with E-state index in [1.54, 1.807) is 6.07 Å². The van der Waals surface area contributed by atoms with Gasteiger partial charge < -0.3 is 4.74 Å². The highest BCUT2D eigenvalue weighted by Gasteiger charge is 2.21. The first-order chi connectivity index (χ1) is 14.5. The lowest BCUT2D eigenvalue weighted by atomic mass is 10.2. The third-order valence-corrected chi connectivity index (χ3v) is 4.56. The lowest BCUT2D eigenvalue weighted by Crippen LogP contribution is -2.40. The molecule has 150 valence electrons. The van der Waals surface area contributed by atoms with E-state index in [0.717, 1.165) is 4.57 Å². The lowest BCUT2D eigenvalue weighted by molar-refractivity contribution is 0.0600. The van der Waals surface area contributed by atoms with E-state index in [9.17, 15) is 18.8 Å². The van der Waals surface area contributed by atoms with Crippen LogP contribution in [0.1, 0.15) is 15.9 Å². The normalized spacial score (nSPS) is 10.9. The van der Waals surface area contributed by atoms with Crippen LogP contribution in [0, 0.1) is 5.82 Å². The quantitative estimate of drug-likeness (QED) is 0.481. The first-order valence-corrected chi connectivity index (χ1v) is 8.90. The van der Waals surface area contributed by atoms with Gasteiger partial charge in [-0.1, -0.05) is 12.1 Å². The van der Waals surface area contributed by atoms with Crippen molar-refractivity contribution in [2.45, 2.75) is 6.54 Å². The molecule has 4 rings (SSSR count). The third-order valence-electron chi connectivity index (χ3n) is 4.56. The van der Waals surface area contributed by atoms with E-state index in [1.807, 2.05) is 0 Å². The van der Waals surface area contributed by atoms with Gasteiger partial charge in [0.25, 0.3) is 5.56 Å². The van der Waals surface area contributed by atoms with Gasteiger partial charge in [-0.25, -0.2) is 28.5 Å². The number of carbonyl (C=O) groups is 1. The van der Waals surface area contributed by atoms with Gasteiger partial charge in [-0.2, -0.15) is 0 Å². The number of aromatic nitrogens is 4. The second-order valence-electron chi connectivity index (χ2n) is 6.38. The van der Waals surface area contributed by atoms with Crippen molar-refractivity contribution >= 4 is 17.0 Å². The van der Waals surface area contributed by atoms with Crippen LogP contribution in [-0.4, -0.2) is 32.2 Å². The number of methoxy groups -OCH3 is 1. The Balaban J connectivity index is 2.03. The van der Waals surface area contributed by atoms with E-state index >= 15 is 0 Å². The Labute approximate surface area is 168 Å². The lowest BCUT2D eigenvalue weighted by Gasteiger charge is -2.14. The SMILES string of the molecule is COC(=O)c1cccnc1-n1c(=O)c2cccnc2n(Cc2ccc(F)cc2)c1=O. The van der Waals surface area contributed by atoms with E-state index in [2.05, 4.69) is 9.97 Å². The van der Waals surface area contributed by atoms with E-state index < -0.39 is 23.0 Å². The minimum absolute atomic E-state index is 0.0317. The first kappa shape index (κ1) is 19.2. The predicted octanol–water partition coefficient (Wildman–Crippen LogP) is 1.92. The predicted molar refractivity (Wildman–Crippen MR) is 106 cm³/mol. The van der Waals surface area contributed by atoms with Crippen molar-refractivity contribution in [3.8, 4) is 5.82 Å². The largest absolute Gasteiger partial charge is 0.465 e. The number of halogens is 1. The van der Waals surface area contributed by atoms with Crippen molar-refractivity contribution in [1.82, 2.24) is 19.1 Å². The monoisotopic (exact) mass is 406 g/mol. The number of fused-ring (bicyclic) bond motifs is 1. The molecule has 0 unspecified atom stereocenters. The first-order valence-electron chi connectivity index (χ1n) is 8.90. The van der Waals surface area contributed by atoms with Crippen molar-refractivity contribution in [3.05, 3.63) is 98.7 Å². The fourth-order valence-electron chi connectivity index (χ4n) is 3.14. The number of pyridine rings is 2. The highest BCUT2D eigenvalue weighted by molar-refractivity contribution is 5.92. The smallest absolute Gasteiger partial charge is 0.341 e. The van der Waals surface area contributed by atoms with E-state index in [-0.39, 0.29) is 29.0 Å². The van der Waals surface area contributed by atoms with Crippen molar-refractivity contribution < 1.29 is 13.9 Å². The van der Waals surface area contributed by atoms with Gasteiger partial charge in [-0.15, -0.1) is 0 Å². The molecule has 0 aliphatic rings. The summed E-state index contributed by atoms with van der Waals surface area (Å²) >= 11 is 0. The zero-order chi connectivity index (χ0) is 21.3. The van der Waals surface area contributed by atoms with Gasteiger partial charge in [0, 0.05) is 12.4 Å². The number of benzene rings is 1. The Hall–Kier alpha value is -4.14. The van der Waals surface area contributed by atoms with Gasteiger partial charge in [0.15, 0.2) is 5.82 Å². The van der Waals surface area contributed by atoms with Crippen molar-refractivity contribution in [2.24, 2.45) is 0 Å². The standard InChI is InChI=1S/C21H15FN4O4/c1-30-20(28)16-5-3-11-24-18(16)26-19(27)15-4-2-10-23-17(15)25(21(26)29)12-13-6-8-14(22)9-7-13/h2-11H,12H2,1H3. The highest BCUT2D eigenvalue weighted by Crippen LogP contribution is 2.13. The Kier molecular flexibility index (Phi) is 4.93. The molecule has 4 aromatic rings. The molecular weight excluding hydrogens is 391 g/mol. The average Bonchev–Trinajstić information content (AvgIpc) is 2.78. The molecule has 30 heavy (non-hydrogen) atoms. The molecule has 0 bridgehead atoms. The molecule has 0 aliphatic carbocycles. The van der Waals surface area contributed by atoms with E-state index in [4.69, 9.17) is 4.74 Å². The van der Waals surface area contributed by atoms with Gasteiger partial charge >= 0.3 is 11.7 Å². The molecular formula is C21H15FN4O4. The summed E-state index contributed by atoms with van der Waals surface area (Å²) in [5.41, 5.74) is -0.633. The summed E-state index contributed by atoms with van der Waals surface area (Å²) < 4.78 is 20.1. The Morgan fingerprint density at radius 2 is 1.73 bits per heavy atom. The summed E-state index contributed by atoms with van der Waals surface area (Å²) in [5, 5.41) is 0.167. The molecule has 0 atom stereocenters. The molecule has 0 radical (unpaired) electrons. The number of rotatable bonds is 4. The van der Waals surface area contributed by atoms with Crippen molar-refractivity contribution in [3.63, 3.8) is 0 Å². The Morgan fingerprint density at radius 1 is 1.03 bits per heavy atom. The highest BCUT2D eigenvalue weighted by atomic mass is 19.1. The maximum atomic E-state index is 13.4. The molecule has 0 saturated carbocycles. The summed E-state index contributed by atoms with van der Waals surface area (Å²) in [5.74, 6) is -1.28. The van der Waals surface area contributed by atoms with Crippen molar-refractivity contribution in [1.29, 1.82) is 0 Å². The third kappa shape index (κ3) is 3.26. The average molecular weight is 406 g/mol. The van der Waals surface area contributed by atoms with Gasteiger partial charge in [0.1, 0.15) is 17.0 Å². The maximum Gasteiger partial charge on any atom is 0.341 e. The molecule has 3 heterocycles. The van der Waals surface area contributed by atoms with Crippen LogP contribution in [0.25, 0.3) is 16.9 Å². The fourth-order valence-corrected chi connectivity index (χ4v) is 3.14. The van der Waals surface area contributed by atoms with Gasteiger partial charge in [-0.05, 0) is 42.0 Å². The summed E-state index contributed by atoms with van der Waals surface area (Å²) in [6, 6.07) is 11.6. The number of hydrogen-bond acceptors (Lipinski definition) is 6. The fraction of sp³-hybridized carbons (Fsp3) is 0.0952. The molecule has 9 heteroatoms. The second kappa shape index (κ2) is 7.70. The van der Waals surface area contributed by atoms with Gasteiger partial charge in [0.2, 0.25) is 0 Å². The van der Waals surface area contributed by atoms with E-state index in [1.165, 1.54) is 66.5 Å². The van der Waals surface area contributed by atoms with Crippen LogP contribution in [0.3, 0.4) is 0 Å². The summed E-state index contributed by atoms with van der Waals surface area (Å²) in [4.78, 5) is 46.9. The Bertz CT molecular complexity index is 1380. The van der Waals surface area contributed by atoms with Crippen molar-refractivity contribution in [2.75, 3.05) is 7.11 Å². The molecule has 0 N–H and O–H groups in total. The van der Waals surface area contributed by atoms with Crippen LogP contribution < -0.4 is 11.2 Å². The molecule has 0 fully saturated rings. The van der Waals surface area contributed by atoms with Crippen LogP contribution >= 0.6 is 0 Å². The number of carbonyl (C=O) groups excluding carboxylic acids is 1. The molecule has 0 saturated heterocycles. The summed E-state index contributed by atoms with van der Waals surface area (Å²) in [6.07, 6.45) is 2.83. The van der Waals surface area contributed by atoms with Crippen LogP contribution in [0.4, 0.5) is 4.39 Å². The molecule has 0 aliphatic heterocycles. The van der Waals surface area contributed by atoms with Gasteiger partial charge in [0.05, 0.1) is 19.0 Å². The zero-order valence-corrected chi connectivity index (χ0v) is 15.8. The minimum Gasteiger partial charge on any atom is -0.465 e. The number of nitrogens with zero attached hydrogens (tertiary/aromatic N) is 4. The maximum absolute atomic E-state index is 13.4. The minimum atomic E-state index is -0.737. The zero-order valence-electron chi connectivity index (χ0n) is 15.8. The van der Waals surface area contributed by atoms with E-state index in [0.29, 0.717) is 5.56 Å². The molecule has 3 aromatic heterocycles. The molecule has 0 spiro atoms. The molecule has 1 aromatic carbocycles. The van der Waals surface area contributed by atoms with Crippen LogP contribution in [0.15, 0.2) is 70.5 Å². The topological polar surface area (TPSA) is 96.1 Å². The molecule has 8 nitrogen and oxygen atoms in total. The number of esters is 1. The Morgan fingerprint density at radius 3 is 2.47 bits per heavy atom. The van der Waals surface area contributed by atoms with Crippen LogP contribution in [0.5, 0.6) is 0 Å². The summed E-state index contributed by atoms with van der Waals surface area (Å²) in [6.45, 7) is 0.0350. The summed E-state index contributed by atoms with van der Waals surface area (Å²) in [7, 11) is 1.19. The van der Waals surface area contributed by atoms with Gasteiger partial charge in [-0.3, -0.25) is 9.36 Å². The van der Waals surface area contributed by atoms with Crippen LogP contribution in [-0.2, 0) is 11.3 Å². The second-order valence-corrected chi connectivity index (χ2v) is 6.38. The van der Waals surface area contributed by atoms with Crippen LogP contribution in [0.2, 0.25) is 0 Å².